The van der Waals surface area contributed by atoms with E-state index in [9.17, 15) is 14.4 Å². The van der Waals surface area contributed by atoms with Crippen molar-refractivity contribution in [2.75, 3.05) is 39.0 Å². The van der Waals surface area contributed by atoms with Gasteiger partial charge in [-0.25, -0.2) is 14.4 Å². The molecule has 1 saturated heterocycles. The van der Waals surface area contributed by atoms with Crippen LogP contribution >= 0.6 is 11.8 Å². The number of piperazine rings is 1. The predicted octanol–water partition coefficient (Wildman–Crippen LogP) is 2.39. The summed E-state index contributed by atoms with van der Waals surface area (Å²) in [4.78, 5) is 36.2. The van der Waals surface area contributed by atoms with Crippen LogP contribution in [0.3, 0.4) is 0 Å². The van der Waals surface area contributed by atoms with Gasteiger partial charge in [0.25, 0.3) is 0 Å². The third-order valence-corrected chi connectivity index (χ3v) is 4.53. The summed E-state index contributed by atoms with van der Waals surface area (Å²) >= 11 is 1.77. The van der Waals surface area contributed by atoms with Crippen LogP contribution in [-0.2, 0) is 20.9 Å². The van der Waals surface area contributed by atoms with Gasteiger partial charge < -0.3 is 19.8 Å². The fourth-order valence-corrected chi connectivity index (χ4v) is 2.96. The molecule has 0 saturated carbocycles. The Morgan fingerprint density at radius 1 is 1.11 bits per heavy atom. The number of hydrogen-bond donors (Lipinski definition) is 2. The van der Waals surface area contributed by atoms with E-state index >= 15 is 0 Å². The minimum atomic E-state index is -1.26. The lowest BCUT2D eigenvalue weighted by molar-refractivity contribution is -0.134. The molecule has 0 unspecified atom stereocenters. The van der Waals surface area contributed by atoms with Crippen molar-refractivity contribution in [3.05, 3.63) is 42.0 Å². The van der Waals surface area contributed by atoms with Gasteiger partial charge in [0.15, 0.2) is 0 Å². The van der Waals surface area contributed by atoms with Crippen LogP contribution in [0.5, 0.6) is 0 Å². The first-order valence-corrected chi connectivity index (χ1v) is 9.99. The Morgan fingerprint density at radius 3 is 2.21 bits per heavy atom. The number of nitrogens with zero attached hydrogens (tertiary/aromatic N) is 2. The Hall–Kier alpha value is -2.52. The molecule has 2 rings (SSSR count). The summed E-state index contributed by atoms with van der Waals surface area (Å²) in [5.74, 6) is -2.51. The van der Waals surface area contributed by atoms with Crippen LogP contribution in [-0.4, -0.2) is 77.1 Å². The number of ether oxygens (including phenoxy) is 1. The van der Waals surface area contributed by atoms with Gasteiger partial charge in [0.2, 0.25) is 0 Å². The summed E-state index contributed by atoms with van der Waals surface area (Å²) in [6.45, 7) is 6.55. The van der Waals surface area contributed by atoms with E-state index in [4.69, 9.17) is 14.9 Å². The molecule has 9 heteroatoms. The number of hydrogen-bond acceptors (Lipinski definition) is 6. The maximum atomic E-state index is 11.6. The first-order valence-electron chi connectivity index (χ1n) is 8.76. The Bertz CT molecular complexity index is 671. The third-order valence-electron chi connectivity index (χ3n) is 3.81. The van der Waals surface area contributed by atoms with Gasteiger partial charge in [-0.05, 0) is 30.9 Å². The van der Waals surface area contributed by atoms with E-state index < -0.39 is 11.9 Å². The van der Waals surface area contributed by atoms with Crippen molar-refractivity contribution in [1.82, 2.24) is 9.80 Å². The zero-order chi connectivity index (χ0) is 20.9. The van der Waals surface area contributed by atoms with Gasteiger partial charge >= 0.3 is 18.0 Å². The number of carboxylic acid groups (broad SMARTS) is 2. The van der Waals surface area contributed by atoms with E-state index in [-0.39, 0.29) is 6.09 Å². The highest BCUT2D eigenvalue weighted by Gasteiger charge is 2.21. The molecular formula is C19H26N2O6S. The molecule has 0 aromatic heterocycles. The summed E-state index contributed by atoms with van der Waals surface area (Å²) in [5, 5.41) is 15.6. The quantitative estimate of drug-likeness (QED) is 0.544. The van der Waals surface area contributed by atoms with E-state index in [0.717, 1.165) is 32.7 Å². The molecule has 8 nitrogen and oxygen atoms in total. The highest BCUT2D eigenvalue weighted by atomic mass is 32.2. The third kappa shape index (κ3) is 9.43. The second-order valence-electron chi connectivity index (χ2n) is 5.82. The number of carbonyl (C=O) groups excluding carboxylic acids is 1. The first kappa shape index (κ1) is 23.5. The van der Waals surface area contributed by atoms with Gasteiger partial charge in [-0.3, -0.25) is 4.90 Å². The molecule has 1 aromatic carbocycles. The number of rotatable bonds is 6. The normalized spacial score (nSPS) is 14.3. The zero-order valence-corrected chi connectivity index (χ0v) is 16.9. The molecule has 1 amide bonds. The Labute approximate surface area is 168 Å². The molecule has 0 radical (unpaired) electrons. The highest BCUT2D eigenvalue weighted by molar-refractivity contribution is 7.98. The topological polar surface area (TPSA) is 107 Å². The summed E-state index contributed by atoms with van der Waals surface area (Å²) in [6, 6.07) is 8.64. The van der Waals surface area contributed by atoms with Gasteiger partial charge in [0, 0.05) is 49.8 Å². The van der Waals surface area contributed by atoms with Crippen molar-refractivity contribution in [2.24, 2.45) is 0 Å². The number of aliphatic carboxylic acids is 2. The smallest absolute Gasteiger partial charge is 0.409 e. The van der Waals surface area contributed by atoms with Crippen molar-refractivity contribution < 1.29 is 29.3 Å². The molecule has 1 aliphatic heterocycles. The summed E-state index contributed by atoms with van der Waals surface area (Å²) in [6.07, 6.45) is 3.03. The average molecular weight is 410 g/mol. The molecule has 1 fully saturated rings. The van der Waals surface area contributed by atoms with E-state index in [2.05, 4.69) is 35.4 Å². The molecule has 0 aliphatic carbocycles. The van der Waals surface area contributed by atoms with Crippen LogP contribution in [0.4, 0.5) is 4.79 Å². The highest BCUT2D eigenvalue weighted by Crippen LogP contribution is 2.17. The standard InChI is InChI=1S/C15H22N2O2S.C4H4O4/c1-3-19-15(18)17-9-7-16(8-10-17)12-13-5-4-6-14(11-13)20-2;5-3(6)1-2-4(7)8/h4-6,11H,3,7-10,12H2,1-2H3;1-2H,(H,5,6)(H,7,8)/b;2-1+. The monoisotopic (exact) mass is 410 g/mol. The van der Waals surface area contributed by atoms with Crippen LogP contribution < -0.4 is 0 Å². The molecular weight excluding hydrogens is 384 g/mol. The largest absolute Gasteiger partial charge is 0.478 e. The van der Waals surface area contributed by atoms with Crippen molar-refractivity contribution in [2.45, 2.75) is 18.4 Å². The second kappa shape index (κ2) is 12.8. The fourth-order valence-electron chi connectivity index (χ4n) is 2.47. The van der Waals surface area contributed by atoms with Gasteiger partial charge in [-0.1, -0.05) is 12.1 Å². The molecule has 1 heterocycles. The van der Waals surface area contributed by atoms with Crippen LogP contribution in [0.15, 0.2) is 41.3 Å². The van der Waals surface area contributed by atoms with Crippen molar-refractivity contribution in [3.63, 3.8) is 0 Å². The molecule has 28 heavy (non-hydrogen) atoms. The minimum absolute atomic E-state index is 0.184. The van der Waals surface area contributed by atoms with E-state index in [1.54, 1.807) is 16.7 Å². The lowest BCUT2D eigenvalue weighted by atomic mass is 10.2. The number of amides is 1. The van der Waals surface area contributed by atoms with Gasteiger partial charge in [-0.2, -0.15) is 0 Å². The minimum Gasteiger partial charge on any atom is -0.478 e. The van der Waals surface area contributed by atoms with Gasteiger partial charge in [0.1, 0.15) is 0 Å². The van der Waals surface area contributed by atoms with Crippen LogP contribution in [0, 0.1) is 0 Å². The molecule has 0 atom stereocenters. The fraction of sp³-hybridized carbons (Fsp3) is 0.421. The number of carboxylic acids is 2. The Kier molecular flexibility index (Phi) is 10.7. The lowest BCUT2D eigenvalue weighted by Crippen LogP contribution is -2.48. The number of thioether (sulfide) groups is 1. The number of benzene rings is 1. The van der Waals surface area contributed by atoms with Crippen LogP contribution in [0.2, 0.25) is 0 Å². The van der Waals surface area contributed by atoms with E-state index in [1.165, 1.54) is 10.5 Å². The maximum Gasteiger partial charge on any atom is 0.409 e. The molecule has 0 bridgehead atoms. The first-order chi connectivity index (χ1) is 13.3. The molecule has 154 valence electrons. The van der Waals surface area contributed by atoms with Gasteiger partial charge in [-0.15, -0.1) is 11.8 Å². The summed E-state index contributed by atoms with van der Waals surface area (Å²) in [7, 11) is 0. The van der Waals surface area contributed by atoms with Gasteiger partial charge in [0.05, 0.1) is 6.61 Å². The van der Waals surface area contributed by atoms with Crippen molar-refractivity contribution in [3.8, 4) is 0 Å². The van der Waals surface area contributed by atoms with Crippen molar-refractivity contribution in [1.29, 1.82) is 0 Å². The lowest BCUT2D eigenvalue weighted by Gasteiger charge is -2.34. The van der Waals surface area contributed by atoms with Crippen molar-refractivity contribution >= 4 is 29.8 Å². The second-order valence-corrected chi connectivity index (χ2v) is 6.70. The predicted molar refractivity (Wildman–Crippen MR) is 107 cm³/mol. The SMILES string of the molecule is CCOC(=O)N1CCN(Cc2cccc(SC)c2)CC1.O=C(O)/C=C/C(=O)O. The average Bonchev–Trinajstić information content (AvgIpc) is 2.68. The maximum absolute atomic E-state index is 11.6. The van der Waals surface area contributed by atoms with Crippen LogP contribution in [0.1, 0.15) is 12.5 Å². The summed E-state index contributed by atoms with van der Waals surface area (Å²) in [5.41, 5.74) is 1.33. The molecule has 0 spiro atoms. The molecule has 1 aliphatic rings. The zero-order valence-electron chi connectivity index (χ0n) is 16.0. The Morgan fingerprint density at radius 2 is 1.71 bits per heavy atom. The Balaban J connectivity index is 0.000000416. The van der Waals surface area contributed by atoms with E-state index in [0.29, 0.717) is 18.8 Å². The molecule has 2 N–H and O–H groups in total. The van der Waals surface area contributed by atoms with Crippen LogP contribution in [0.25, 0.3) is 0 Å². The van der Waals surface area contributed by atoms with E-state index in [1.807, 2.05) is 6.92 Å². The molecule has 1 aromatic rings. The summed E-state index contributed by atoms with van der Waals surface area (Å²) < 4.78 is 5.03. The number of carbonyl (C=O) groups is 3.